The van der Waals surface area contributed by atoms with E-state index in [9.17, 15) is 77.8 Å². The molecule has 0 amide bonds. The van der Waals surface area contributed by atoms with Crippen LogP contribution in [0.1, 0.15) is 144 Å². The molecule has 30 heteroatoms. The van der Waals surface area contributed by atoms with Crippen molar-refractivity contribution in [1.29, 1.82) is 0 Å². The van der Waals surface area contributed by atoms with Gasteiger partial charge in [-0.2, -0.15) is 50.5 Å². The molecule has 0 radical (unpaired) electrons. The van der Waals surface area contributed by atoms with Crippen LogP contribution in [0.4, 0.5) is 0 Å². The van der Waals surface area contributed by atoms with Crippen molar-refractivity contribution in [1.82, 2.24) is 0 Å². The number of hydrogen-bond donors (Lipinski definition) is 6. The normalized spacial score (nSPS) is 13.3. The van der Waals surface area contributed by atoms with Gasteiger partial charge in [-0.25, -0.2) is 0 Å². The number of benzene rings is 6. The highest BCUT2D eigenvalue weighted by molar-refractivity contribution is 7.86. The molecule has 7 rings (SSSR count). The van der Waals surface area contributed by atoms with Gasteiger partial charge in [-0.05, 0) is 144 Å². The number of para-hydroxylation sites is 6. The Morgan fingerprint density at radius 1 is 0.208 bits per heavy atom. The molecule has 96 heavy (non-hydrogen) atoms. The van der Waals surface area contributed by atoms with E-state index < -0.39 is 95.2 Å². The predicted octanol–water partition coefficient (Wildman–Crippen LogP) is 9.83. The maximum Gasteiger partial charge on any atom is 0.264 e. The average molecular weight is 1450 g/mol. The SMILES string of the molecule is O=S(=O)(O)CCCCOc1c2cccc1Cc1cccc(c1OCCCCS(=O)(=O)O)Cc1cccc(c1OCCCCS(=O)(=O)O)Cc1cccc(c1OCCCCS(=O)(=O)O)Cc1cccc(c1OCCCCS(=O)(=O)O)Cc1cccc(c1OCCCCS(=O)(=O)O)C2. The van der Waals surface area contributed by atoms with Gasteiger partial charge in [0, 0.05) is 38.5 Å². The summed E-state index contributed by atoms with van der Waals surface area (Å²) in [6, 6.07) is 33.5. The molecule has 12 bridgehead atoms. The highest BCUT2D eigenvalue weighted by Gasteiger charge is 2.25. The zero-order valence-electron chi connectivity index (χ0n) is 53.1. The number of rotatable bonds is 36. The third-order valence-corrected chi connectivity index (χ3v) is 20.4. The summed E-state index contributed by atoms with van der Waals surface area (Å²) in [5.41, 5.74) is 7.99. The summed E-state index contributed by atoms with van der Waals surface area (Å²) >= 11 is 0. The minimum Gasteiger partial charge on any atom is -0.493 e. The molecule has 24 nitrogen and oxygen atoms in total. The van der Waals surface area contributed by atoms with Crippen LogP contribution in [0.2, 0.25) is 0 Å². The fraction of sp³-hybridized carbons (Fsp3) is 0.455. The third-order valence-electron chi connectivity index (χ3n) is 15.6. The van der Waals surface area contributed by atoms with Crippen molar-refractivity contribution in [2.45, 2.75) is 116 Å². The van der Waals surface area contributed by atoms with E-state index in [1.54, 1.807) is 0 Å². The summed E-state index contributed by atoms with van der Waals surface area (Å²) in [5.74, 6) is -0.377. The molecule has 0 aliphatic heterocycles. The van der Waals surface area contributed by atoms with Gasteiger partial charge < -0.3 is 28.4 Å². The monoisotopic (exact) mass is 1450 g/mol. The smallest absolute Gasteiger partial charge is 0.264 e. The van der Waals surface area contributed by atoms with Gasteiger partial charge in [0.1, 0.15) is 34.5 Å². The summed E-state index contributed by atoms with van der Waals surface area (Å²) in [5, 5.41) is 0. The molecule has 0 spiro atoms. The lowest BCUT2D eigenvalue weighted by molar-refractivity contribution is 0.297. The molecule has 0 fully saturated rings. The summed E-state index contributed by atoms with van der Waals surface area (Å²) in [4.78, 5) is 0. The van der Waals surface area contributed by atoms with Crippen molar-refractivity contribution in [2.75, 3.05) is 74.2 Å². The second-order valence-corrected chi connectivity index (χ2v) is 33.0. The second kappa shape index (κ2) is 35.9. The molecular formula is C66H84O24S6. The van der Waals surface area contributed by atoms with E-state index in [4.69, 9.17) is 28.4 Å². The Kier molecular flexibility index (Phi) is 28.8. The van der Waals surface area contributed by atoms with E-state index in [0.717, 1.165) is 0 Å². The van der Waals surface area contributed by atoms with Gasteiger partial charge in [0.25, 0.3) is 60.7 Å². The van der Waals surface area contributed by atoms with Gasteiger partial charge >= 0.3 is 0 Å². The van der Waals surface area contributed by atoms with Crippen LogP contribution in [0.15, 0.2) is 109 Å². The van der Waals surface area contributed by atoms with Gasteiger partial charge in [-0.3, -0.25) is 27.3 Å². The van der Waals surface area contributed by atoms with E-state index in [0.29, 0.717) is 101 Å². The number of hydrogen-bond acceptors (Lipinski definition) is 18. The van der Waals surface area contributed by atoms with Crippen molar-refractivity contribution in [3.63, 3.8) is 0 Å². The fourth-order valence-corrected chi connectivity index (χ4v) is 14.6. The van der Waals surface area contributed by atoms with E-state index in [-0.39, 0.29) is 155 Å². The fourth-order valence-electron chi connectivity index (χ4n) is 11.2. The standard InChI is InChI=1S/C66H84O24S6/c67-91(68,69)37-7-1-31-85-61-49-19-13-20-50(61)44-52-22-15-24-54(63(52)87-33-3-9-39-93(73,74)75)46-56-26-17-28-58(65(56)89-35-5-11-41-95(79,80)81)48-60-30-18-29-59(66(60)90-36-6-12-42-96(82,83)84)47-57-27-16-25-55(64(57)88-34-4-10-40-94(76,77)78)45-53-23-14-21-51(43-49)62(53)86-32-2-8-38-92(70,71)72/h13-30H,1-12,31-48H2,(H,67,68,69)(H,70,71,72)(H,73,74,75)(H,76,77,78)(H,79,80,81)(H,82,83,84). The summed E-state index contributed by atoms with van der Waals surface area (Å²) < 4.78 is 239. The first kappa shape index (κ1) is 76.9. The van der Waals surface area contributed by atoms with E-state index in [1.165, 1.54) is 0 Å². The molecule has 1 aliphatic rings. The van der Waals surface area contributed by atoms with Crippen LogP contribution in [-0.2, 0) is 99.2 Å². The van der Waals surface area contributed by atoms with E-state index in [1.807, 2.05) is 109 Å². The van der Waals surface area contributed by atoms with E-state index >= 15 is 0 Å². The van der Waals surface area contributed by atoms with Crippen LogP contribution in [-0.4, -0.2) is 152 Å². The van der Waals surface area contributed by atoms with Crippen molar-refractivity contribution in [3.05, 3.63) is 176 Å². The summed E-state index contributed by atoms with van der Waals surface area (Å²) in [7, 11) is -25.7. The van der Waals surface area contributed by atoms with Crippen molar-refractivity contribution in [2.24, 2.45) is 0 Å². The lowest BCUT2D eigenvalue weighted by Crippen LogP contribution is -2.11. The average Bonchev–Trinajstić information content (AvgIpc) is 0.803. The van der Waals surface area contributed by atoms with Crippen molar-refractivity contribution >= 4 is 60.7 Å². The summed E-state index contributed by atoms with van der Waals surface area (Å²) in [6.45, 7) is 0.119. The molecule has 528 valence electrons. The molecule has 0 saturated carbocycles. The lowest BCUT2D eigenvalue weighted by Gasteiger charge is -2.23. The van der Waals surface area contributed by atoms with Crippen LogP contribution in [0, 0.1) is 0 Å². The van der Waals surface area contributed by atoms with Crippen LogP contribution in [0.25, 0.3) is 0 Å². The van der Waals surface area contributed by atoms with Crippen molar-refractivity contribution < 1.29 is 106 Å². The molecule has 0 aromatic heterocycles. The first-order valence-electron chi connectivity index (χ1n) is 31.5. The largest absolute Gasteiger partial charge is 0.493 e. The molecule has 0 saturated heterocycles. The molecular weight excluding hydrogens is 1370 g/mol. The minimum atomic E-state index is -4.29. The van der Waals surface area contributed by atoms with E-state index in [2.05, 4.69) is 0 Å². The predicted molar refractivity (Wildman–Crippen MR) is 362 cm³/mol. The number of fused-ring (bicyclic) bond motifs is 12. The molecule has 6 aromatic carbocycles. The van der Waals surface area contributed by atoms with Gasteiger partial charge in [-0.1, -0.05) is 109 Å². The highest BCUT2D eigenvalue weighted by atomic mass is 32.2. The summed E-state index contributed by atoms with van der Waals surface area (Å²) in [6.07, 6.45) is 2.78. The Balaban J connectivity index is 1.46. The zero-order chi connectivity index (χ0) is 69.6. The Hall–Kier alpha value is -6.42. The second-order valence-electron chi connectivity index (χ2n) is 23.5. The Labute approximate surface area is 563 Å². The van der Waals surface area contributed by atoms with Crippen LogP contribution >= 0.6 is 0 Å². The lowest BCUT2D eigenvalue weighted by atomic mass is 9.91. The van der Waals surface area contributed by atoms with Gasteiger partial charge in [0.2, 0.25) is 0 Å². The van der Waals surface area contributed by atoms with Crippen molar-refractivity contribution in [3.8, 4) is 34.5 Å². The minimum absolute atomic E-state index is 0.0198. The van der Waals surface area contributed by atoms with Gasteiger partial charge in [0.05, 0.1) is 74.2 Å². The topological polar surface area (TPSA) is 382 Å². The van der Waals surface area contributed by atoms with Crippen LogP contribution < -0.4 is 28.4 Å². The first-order valence-corrected chi connectivity index (χ1v) is 41.1. The number of unbranched alkanes of at least 4 members (excludes halogenated alkanes) is 6. The first-order chi connectivity index (χ1) is 45.4. The Morgan fingerprint density at radius 3 is 0.427 bits per heavy atom. The van der Waals surface area contributed by atoms with Gasteiger partial charge in [-0.15, -0.1) is 0 Å². The molecule has 6 N–H and O–H groups in total. The highest BCUT2D eigenvalue weighted by Crippen LogP contribution is 2.41. The Morgan fingerprint density at radius 2 is 0.323 bits per heavy atom. The molecule has 1 aliphatic carbocycles. The molecule has 0 heterocycles. The third kappa shape index (κ3) is 27.1. The van der Waals surface area contributed by atoms with Gasteiger partial charge in [0.15, 0.2) is 0 Å². The molecule has 0 atom stereocenters. The number of ether oxygens (including phenoxy) is 6. The Bertz CT molecular complexity index is 3460. The molecule has 0 unspecified atom stereocenters. The van der Waals surface area contributed by atoms with Crippen LogP contribution in [0.5, 0.6) is 34.5 Å². The zero-order valence-corrected chi connectivity index (χ0v) is 58.0. The van der Waals surface area contributed by atoms with Crippen LogP contribution in [0.3, 0.4) is 0 Å². The maximum absolute atomic E-state index is 11.8. The molecule has 6 aromatic rings. The maximum atomic E-state index is 11.8. The quantitative estimate of drug-likeness (QED) is 0.0157.